The molecule has 1 fully saturated rings. The van der Waals surface area contributed by atoms with Gasteiger partial charge in [0, 0.05) is 19.0 Å². The predicted molar refractivity (Wildman–Crippen MR) is 95.0 cm³/mol. The maximum Gasteiger partial charge on any atom is 0.246 e. The van der Waals surface area contributed by atoms with Gasteiger partial charge >= 0.3 is 0 Å². The summed E-state index contributed by atoms with van der Waals surface area (Å²) in [6, 6.07) is 6.90. The lowest BCUT2D eigenvalue weighted by Crippen LogP contribution is -2.42. The molecule has 0 unspecified atom stereocenters. The second-order valence-corrected chi connectivity index (χ2v) is 8.18. The number of methoxy groups -OCH3 is 1. The van der Waals surface area contributed by atoms with E-state index < -0.39 is 15.8 Å². The van der Waals surface area contributed by atoms with Gasteiger partial charge in [-0.05, 0) is 43.2 Å². The zero-order valence-electron chi connectivity index (χ0n) is 14.9. The van der Waals surface area contributed by atoms with Gasteiger partial charge in [0.1, 0.15) is 22.2 Å². The van der Waals surface area contributed by atoms with Crippen molar-refractivity contribution in [3.05, 3.63) is 48.2 Å². The summed E-state index contributed by atoms with van der Waals surface area (Å²) in [6.45, 7) is 0.659. The number of nitrogens with one attached hydrogen (secondary N) is 1. The molecule has 146 valence electrons. The third-order valence-corrected chi connectivity index (χ3v) is 6.50. The summed E-state index contributed by atoms with van der Waals surface area (Å²) < 4.78 is 50.7. The van der Waals surface area contributed by atoms with E-state index in [4.69, 9.17) is 9.15 Å². The van der Waals surface area contributed by atoms with Gasteiger partial charge in [-0.1, -0.05) is 0 Å². The number of carbonyl (C=O) groups is 1. The van der Waals surface area contributed by atoms with Crippen LogP contribution in [0.2, 0.25) is 0 Å². The van der Waals surface area contributed by atoms with Crippen LogP contribution in [0.25, 0.3) is 0 Å². The summed E-state index contributed by atoms with van der Waals surface area (Å²) in [6.07, 6.45) is 2.31. The average molecular weight is 396 g/mol. The molecule has 1 aromatic carbocycles. The van der Waals surface area contributed by atoms with E-state index in [1.165, 1.54) is 23.7 Å². The number of ether oxygens (including phenoxy) is 1. The molecule has 9 heteroatoms. The molecule has 1 aromatic heterocycles. The Morgan fingerprint density at radius 2 is 2.07 bits per heavy atom. The number of furan rings is 1. The van der Waals surface area contributed by atoms with E-state index in [0.29, 0.717) is 25.1 Å². The van der Waals surface area contributed by atoms with Gasteiger partial charge < -0.3 is 14.5 Å². The lowest BCUT2D eigenvalue weighted by molar-refractivity contribution is -0.126. The Morgan fingerprint density at radius 1 is 1.33 bits per heavy atom. The monoisotopic (exact) mass is 396 g/mol. The van der Waals surface area contributed by atoms with Crippen LogP contribution in [0.4, 0.5) is 4.39 Å². The lowest BCUT2D eigenvalue weighted by atomic mass is 9.97. The summed E-state index contributed by atoms with van der Waals surface area (Å²) in [5, 5.41) is 2.80. The SMILES string of the molecule is COc1ccc(F)cc1S(=O)(=O)N1CCC(C(=O)NCc2ccco2)CC1. The Balaban J connectivity index is 1.63. The normalized spacial score (nSPS) is 16.2. The first kappa shape index (κ1) is 19.4. The average Bonchev–Trinajstić information content (AvgIpc) is 3.20. The van der Waals surface area contributed by atoms with Gasteiger partial charge in [-0.2, -0.15) is 4.31 Å². The van der Waals surface area contributed by atoms with Gasteiger partial charge in [-0.15, -0.1) is 0 Å². The third kappa shape index (κ3) is 4.30. The van der Waals surface area contributed by atoms with Crippen LogP contribution in [0.3, 0.4) is 0 Å². The first-order chi connectivity index (χ1) is 12.9. The highest BCUT2D eigenvalue weighted by Crippen LogP contribution is 2.30. The fourth-order valence-electron chi connectivity index (χ4n) is 3.08. The minimum Gasteiger partial charge on any atom is -0.495 e. The Bertz CT molecular complexity index is 890. The molecule has 2 aromatic rings. The smallest absolute Gasteiger partial charge is 0.246 e. The fraction of sp³-hybridized carbons (Fsp3) is 0.389. The van der Waals surface area contributed by atoms with Gasteiger partial charge in [0.15, 0.2) is 0 Å². The Morgan fingerprint density at radius 3 is 2.70 bits per heavy atom. The van der Waals surface area contributed by atoms with Gasteiger partial charge in [-0.3, -0.25) is 4.79 Å². The van der Waals surface area contributed by atoms with Crippen molar-refractivity contribution in [2.75, 3.05) is 20.2 Å². The quantitative estimate of drug-likeness (QED) is 0.808. The van der Waals surface area contributed by atoms with Gasteiger partial charge in [0.2, 0.25) is 15.9 Å². The molecule has 0 bridgehead atoms. The number of sulfonamides is 1. The molecule has 0 spiro atoms. The molecule has 7 nitrogen and oxygen atoms in total. The van der Waals surface area contributed by atoms with Crippen LogP contribution >= 0.6 is 0 Å². The van der Waals surface area contributed by atoms with Crippen molar-refractivity contribution in [3.63, 3.8) is 0 Å². The molecule has 0 radical (unpaired) electrons. The molecule has 1 aliphatic heterocycles. The van der Waals surface area contributed by atoms with Crippen LogP contribution in [0.5, 0.6) is 5.75 Å². The molecule has 3 rings (SSSR count). The van der Waals surface area contributed by atoms with Crippen molar-refractivity contribution < 1.29 is 26.8 Å². The van der Waals surface area contributed by atoms with E-state index in [2.05, 4.69) is 5.32 Å². The van der Waals surface area contributed by atoms with E-state index >= 15 is 0 Å². The minimum atomic E-state index is -3.90. The summed E-state index contributed by atoms with van der Waals surface area (Å²) in [5.74, 6) is -0.314. The molecule has 1 aliphatic rings. The van der Waals surface area contributed by atoms with Gasteiger partial charge in [0.25, 0.3) is 0 Å². The van der Waals surface area contributed by atoms with Crippen molar-refractivity contribution in [3.8, 4) is 5.75 Å². The maximum atomic E-state index is 13.6. The molecular weight excluding hydrogens is 375 g/mol. The number of nitrogens with zero attached hydrogens (tertiary/aromatic N) is 1. The second-order valence-electron chi connectivity index (χ2n) is 6.27. The van der Waals surface area contributed by atoms with Crippen molar-refractivity contribution in [1.82, 2.24) is 9.62 Å². The third-order valence-electron chi connectivity index (χ3n) is 4.59. The number of hydrogen-bond donors (Lipinski definition) is 1. The number of hydrogen-bond acceptors (Lipinski definition) is 5. The number of halogens is 1. The number of carbonyl (C=O) groups excluding carboxylic acids is 1. The van der Waals surface area contributed by atoms with Gasteiger partial charge in [0.05, 0.1) is 19.9 Å². The Labute approximate surface area is 157 Å². The Kier molecular flexibility index (Phi) is 5.81. The van der Waals surface area contributed by atoms with Crippen LogP contribution in [0.15, 0.2) is 45.9 Å². The number of rotatable bonds is 6. The van der Waals surface area contributed by atoms with E-state index in [9.17, 15) is 17.6 Å². The molecule has 0 aliphatic carbocycles. The van der Waals surface area contributed by atoms with Crippen LogP contribution in [0, 0.1) is 11.7 Å². The van der Waals surface area contributed by atoms with E-state index in [1.807, 2.05) is 0 Å². The Hall–Kier alpha value is -2.39. The van der Waals surface area contributed by atoms with E-state index in [1.54, 1.807) is 12.1 Å². The predicted octanol–water partition coefficient (Wildman–Crippen LogP) is 2.14. The summed E-state index contributed by atoms with van der Waals surface area (Å²) in [4.78, 5) is 12.1. The van der Waals surface area contributed by atoms with Crippen LogP contribution in [0.1, 0.15) is 18.6 Å². The fourth-order valence-corrected chi connectivity index (χ4v) is 4.72. The van der Waals surface area contributed by atoms with Crippen LogP contribution < -0.4 is 10.1 Å². The first-order valence-corrected chi connectivity index (χ1v) is 9.99. The van der Waals surface area contributed by atoms with Crippen molar-refractivity contribution >= 4 is 15.9 Å². The summed E-state index contributed by atoms with van der Waals surface area (Å²) in [7, 11) is -2.57. The number of benzene rings is 1. The molecule has 0 saturated carbocycles. The molecule has 2 heterocycles. The molecular formula is C18H21FN2O5S. The second kappa shape index (κ2) is 8.10. The van der Waals surface area contributed by atoms with Crippen LogP contribution in [-0.4, -0.2) is 38.8 Å². The zero-order chi connectivity index (χ0) is 19.4. The highest BCUT2D eigenvalue weighted by molar-refractivity contribution is 7.89. The number of amides is 1. The summed E-state index contributed by atoms with van der Waals surface area (Å²) in [5.41, 5.74) is 0. The van der Waals surface area contributed by atoms with E-state index in [0.717, 1.165) is 12.1 Å². The molecule has 0 atom stereocenters. The van der Waals surface area contributed by atoms with Crippen LogP contribution in [-0.2, 0) is 21.4 Å². The first-order valence-electron chi connectivity index (χ1n) is 8.55. The minimum absolute atomic E-state index is 0.0923. The van der Waals surface area contributed by atoms with Gasteiger partial charge in [-0.25, -0.2) is 12.8 Å². The van der Waals surface area contributed by atoms with Crippen molar-refractivity contribution in [1.29, 1.82) is 0 Å². The zero-order valence-corrected chi connectivity index (χ0v) is 15.7. The highest BCUT2D eigenvalue weighted by Gasteiger charge is 2.33. The molecule has 1 N–H and O–H groups in total. The summed E-state index contributed by atoms with van der Waals surface area (Å²) >= 11 is 0. The molecule has 1 saturated heterocycles. The van der Waals surface area contributed by atoms with Crippen molar-refractivity contribution in [2.45, 2.75) is 24.3 Å². The highest BCUT2D eigenvalue weighted by atomic mass is 32.2. The molecule has 27 heavy (non-hydrogen) atoms. The topological polar surface area (TPSA) is 88.9 Å². The number of piperidine rings is 1. The largest absolute Gasteiger partial charge is 0.495 e. The lowest BCUT2D eigenvalue weighted by Gasteiger charge is -2.30. The van der Waals surface area contributed by atoms with E-state index in [-0.39, 0.29) is 35.6 Å². The standard InChI is InChI=1S/C18H21FN2O5S/c1-25-16-5-4-14(19)11-17(16)27(23,24)21-8-6-13(7-9-21)18(22)20-12-15-3-2-10-26-15/h2-5,10-11,13H,6-9,12H2,1H3,(H,20,22). The maximum absolute atomic E-state index is 13.6. The van der Waals surface area contributed by atoms with Crippen molar-refractivity contribution in [2.24, 2.45) is 5.92 Å². The molecule has 1 amide bonds.